The zero-order valence-corrected chi connectivity index (χ0v) is 15.1. The van der Waals surface area contributed by atoms with Crippen LogP contribution in [-0.4, -0.2) is 48.7 Å². The van der Waals surface area contributed by atoms with Crippen molar-refractivity contribution >= 4 is 10.0 Å². The Bertz CT molecular complexity index is 776. The summed E-state index contributed by atoms with van der Waals surface area (Å²) in [4.78, 5) is 4.13. The minimum absolute atomic E-state index is 0.0305. The molecule has 25 heavy (non-hydrogen) atoms. The fourth-order valence-electron chi connectivity index (χ4n) is 2.93. The summed E-state index contributed by atoms with van der Waals surface area (Å²) in [6.07, 6.45) is 2.14. The number of hydrogen-bond donors (Lipinski definition) is 0. The van der Waals surface area contributed by atoms with Crippen LogP contribution >= 0.6 is 0 Å². The highest BCUT2D eigenvalue weighted by Gasteiger charge is 2.29. The summed E-state index contributed by atoms with van der Waals surface area (Å²) in [5.74, 6) is 1.18. The van der Waals surface area contributed by atoms with E-state index < -0.39 is 10.0 Å². The van der Waals surface area contributed by atoms with E-state index in [-0.39, 0.29) is 11.9 Å². The zero-order chi connectivity index (χ0) is 17.7. The average Bonchev–Trinajstić information content (AvgIpc) is 3.01. The van der Waals surface area contributed by atoms with Crippen molar-refractivity contribution in [1.82, 2.24) is 14.4 Å². The van der Waals surface area contributed by atoms with Crippen LogP contribution in [0.25, 0.3) is 0 Å². The van der Waals surface area contributed by atoms with Gasteiger partial charge in [0.1, 0.15) is 0 Å². The lowest BCUT2D eigenvalue weighted by molar-refractivity contribution is 0.0198. The molecule has 1 aromatic carbocycles. The predicted molar refractivity (Wildman–Crippen MR) is 92.4 cm³/mol. The molecule has 0 spiro atoms. The maximum absolute atomic E-state index is 12.6. The summed E-state index contributed by atoms with van der Waals surface area (Å²) < 4.78 is 37.6. The monoisotopic (exact) mass is 365 g/mol. The van der Waals surface area contributed by atoms with Crippen molar-refractivity contribution in [3.63, 3.8) is 0 Å². The van der Waals surface area contributed by atoms with E-state index in [0.717, 1.165) is 18.4 Å². The van der Waals surface area contributed by atoms with Crippen LogP contribution in [0.2, 0.25) is 0 Å². The molecule has 0 saturated carbocycles. The standard InChI is InChI=1S/C17H23N3O4S/c1-14-18-17(19-24-14)9-11-23-16-8-5-10-20(12-16)25(21,22)13-15-6-3-2-4-7-15/h2-4,6-7,16H,5,8-13H2,1H3. The summed E-state index contributed by atoms with van der Waals surface area (Å²) in [6, 6.07) is 9.26. The third kappa shape index (κ3) is 5.10. The molecule has 0 N–H and O–H groups in total. The van der Waals surface area contributed by atoms with E-state index in [2.05, 4.69) is 10.1 Å². The number of aromatic nitrogens is 2. The number of ether oxygens (including phenoxy) is 1. The van der Waals surface area contributed by atoms with E-state index in [1.165, 1.54) is 0 Å². The van der Waals surface area contributed by atoms with E-state index in [4.69, 9.17) is 9.26 Å². The fourth-order valence-corrected chi connectivity index (χ4v) is 4.53. The first-order valence-electron chi connectivity index (χ1n) is 8.45. The molecular weight excluding hydrogens is 342 g/mol. The molecule has 2 heterocycles. The van der Waals surface area contributed by atoms with E-state index in [0.29, 0.717) is 37.8 Å². The van der Waals surface area contributed by atoms with Crippen molar-refractivity contribution in [2.75, 3.05) is 19.7 Å². The smallest absolute Gasteiger partial charge is 0.223 e. The van der Waals surface area contributed by atoms with Crippen LogP contribution in [0.4, 0.5) is 0 Å². The zero-order valence-electron chi connectivity index (χ0n) is 14.3. The van der Waals surface area contributed by atoms with Crippen LogP contribution in [0.3, 0.4) is 0 Å². The average molecular weight is 365 g/mol. The van der Waals surface area contributed by atoms with Gasteiger partial charge in [-0.1, -0.05) is 35.5 Å². The van der Waals surface area contributed by atoms with Gasteiger partial charge in [-0.3, -0.25) is 0 Å². The number of piperidine rings is 1. The number of rotatable bonds is 7. The lowest BCUT2D eigenvalue weighted by Crippen LogP contribution is -2.43. The Hall–Kier alpha value is -1.77. The van der Waals surface area contributed by atoms with E-state index in [1.54, 1.807) is 11.2 Å². The molecule has 3 rings (SSSR count). The second kappa shape index (κ2) is 8.07. The van der Waals surface area contributed by atoms with Crippen molar-refractivity contribution in [2.24, 2.45) is 0 Å². The first-order chi connectivity index (χ1) is 12.0. The number of sulfonamides is 1. The minimum atomic E-state index is -3.33. The van der Waals surface area contributed by atoms with Gasteiger partial charge in [0, 0.05) is 26.4 Å². The summed E-state index contributed by atoms with van der Waals surface area (Å²) in [7, 11) is -3.33. The molecule has 1 atom stereocenters. The fraction of sp³-hybridized carbons (Fsp3) is 0.529. The van der Waals surface area contributed by atoms with Crippen LogP contribution in [0.15, 0.2) is 34.9 Å². The molecule has 1 saturated heterocycles. The minimum Gasteiger partial charge on any atom is -0.376 e. The summed E-state index contributed by atoms with van der Waals surface area (Å²) in [6.45, 7) is 3.16. The molecule has 1 unspecified atom stereocenters. The predicted octanol–water partition coefficient (Wildman–Crippen LogP) is 1.93. The van der Waals surface area contributed by atoms with Gasteiger partial charge in [-0.05, 0) is 18.4 Å². The Morgan fingerprint density at radius 3 is 2.84 bits per heavy atom. The van der Waals surface area contributed by atoms with Crippen LogP contribution in [0, 0.1) is 6.92 Å². The summed E-state index contributed by atoms with van der Waals surface area (Å²) >= 11 is 0. The molecular formula is C17H23N3O4S. The lowest BCUT2D eigenvalue weighted by Gasteiger charge is -2.31. The molecule has 1 fully saturated rings. The molecule has 0 aliphatic carbocycles. The number of hydrogen-bond acceptors (Lipinski definition) is 6. The van der Waals surface area contributed by atoms with Crippen LogP contribution in [0.1, 0.15) is 30.1 Å². The number of nitrogens with zero attached hydrogens (tertiary/aromatic N) is 3. The third-order valence-corrected chi connectivity index (χ3v) is 5.99. The topological polar surface area (TPSA) is 85.5 Å². The van der Waals surface area contributed by atoms with E-state index in [1.807, 2.05) is 30.3 Å². The van der Waals surface area contributed by atoms with Crippen molar-refractivity contribution in [1.29, 1.82) is 0 Å². The Morgan fingerprint density at radius 2 is 2.12 bits per heavy atom. The summed E-state index contributed by atoms with van der Waals surface area (Å²) in [5, 5.41) is 3.83. The molecule has 1 aliphatic heterocycles. The number of benzene rings is 1. The Morgan fingerprint density at radius 1 is 1.32 bits per heavy atom. The lowest BCUT2D eigenvalue weighted by atomic mass is 10.1. The van der Waals surface area contributed by atoms with Gasteiger partial charge in [0.25, 0.3) is 0 Å². The Labute approximate surface area is 148 Å². The van der Waals surface area contributed by atoms with Gasteiger partial charge in [0.2, 0.25) is 15.9 Å². The highest BCUT2D eigenvalue weighted by atomic mass is 32.2. The normalized spacial score (nSPS) is 19.2. The van der Waals surface area contributed by atoms with Crippen molar-refractivity contribution in [3.8, 4) is 0 Å². The first-order valence-corrected chi connectivity index (χ1v) is 10.1. The molecule has 2 aromatic rings. The molecule has 0 bridgehead atoms. The largest absolute Gasteiger partial charge is 0.376 e. The Balaban J connectivity index is 1.51. The molecule has 1 aliphatic rings. The molecule has 8 heteroatoms. The van der Waals surface area contributed by atoms with E-state index in [9.17, 15) is 8.42 Å². The maximum atomic E-state index is 12.6. The van der Waals surface area contributed by atoms with Gasteiger partial charge >= 0.3 is 0 Å². The molecule has 136 valence electrons. The van der Waals surface area contributed by atoms with Gasteiger partial charge in [-0.25, -0.2) is 8.42 Å². The van der Waals surface area contributed by atoms with Crippen LogP contribution in [-0.2, 0) is 26.9 Å². The van der Waals surface area contributed by atoms with Gasteiger partial charge in [-0.2, -0.15) is 9.29 Å². The maximum Gasteiger partial charge on any atom is 0.223 e. The second-order valence-corrected chi connectivity index (χ2v) is 8.18. The van der Waals surface area contributed by atoms with Gasteiger partial charge in [0.15, 0.2) is 5.82 Å². The van der Waals surface area contributed by atoms with Crippen LogP contribution < -0.4 is 0 Å². The highest BCUT2D eigenvalue weighted by Crippen LogP contribution is 2.19. The molecule has 0 radical (unpaired) electrons. The van der Waals surface area contributed by atoms with Gasteiger partial charge in [-0.15, -0.1) is 0 Å². The highest BCUT2D eigenvalue weighted by molar-refractivity contribution is 7.88. The van der Waals surface area contributed by atoms with E-state index >= 15 is 0 Å². The second-order valence-electron chi connectivity index (χ2n) is 6.21. The first kappa shape index (κ1) is 18.0. The SMILES string of the molecule is Cc1nc(CCOC2CCCN(S(=O)(=O)Cc3ccccc3)C2)no1. The van der Waals surface area contributed by atoms with Gasteiger partial charge < -0.3 is 9.26 Å². The van der Waals surface area contributed by atoms with Crippen LogP contribution in [0.5, 0.6) is 0 Å². The van der Waals surface area contributed by atoms with Crippen molar-refractivity contribution in [3.05, 3.63) is 47.6 Å². The quantitative estimate of drug-likeness (QED) is 0.745. The Kier molecular flexibility index (Phi) is 5.82. The van der Waals surface area contributed by atoms with Crippen molar-refractivity contribution < 1.29 is 17.7 Å². The molecule has 7 nitrogen and oxygen atoms in total. The molecule has 0 amide bonds. The number of aryl methyl sites for hydroxylation is 1. The van der Waals surface area contributed by atoms with Crippen molar-refractivity contribution in [2.45, 2.75) is 38.0 Å². The van der Waals surface area contributed by atoms with Gasteiger partial charge in [0.05, 0.1) is 18.5 Å². The molecule has 1 aromatic heterocycles. The third-order valence-electron chi connectivity index (χ3n) is 4.18. The summed E-state index contributed by atoms with van der Waals surface area (Å²) in [5.41, 5.74) is 0.804.